The van der Waals surface area contributed by atoms with Crippen molar-refractivity contribution in [3.8, 4) is 11.5 Å². The highest BCUT2D eigenvalue weighted by molar-refractivity contribution is 8.01. The minimum Gasteiger partial charge on any atom is -0.497 e. The van der Waals surface area contributed by atoms with E-state index in [1.807, 2.05) is 0 Å². The molecular formula is C18H24N4O3S2. The van der Waals surface area contributed by atoms with Crippen LogP contribution in [0.4, 0.5) is 10.8 Å². The SMILES string of the molecule is COc1ccc(OC)c(NC(=O)CSc2nnc(NC3CCCCC3)s2)c1. The molecule has 1 aromatic carbocycles. The third-order valence-corrected chi connectivity index (χ3v) is 6.33. The standard InChI is InChI=1S/C18H24N4O3S2/c1-24-13-8-9-15(25-2)14(10-13)20-16(23)11-26-18-22-21-17(27-18)19-12-6-4-3-5-7-12/h8-10,12H,3-7,11H2,1-2H3,(H,19,21)(H,20,23). The quantitative estimate of drug-likeness (QED) is 0.638. The summed E-state index contributed by atoms with van der Waals surface area (Å²) in [4.78, 5) is 12.3. The molecule has 3 rings (SSSR count). The van der Waals surface area contributed by atoms with E-state index in [4.69, 9.17) is 9.47 Å². The molecular weight excluding hydrogens is 384 g/mol. The van der Waals surface area contributed by atoms with Gasteiger partial charge >= 0.3 is 0 Å². The van der Waals surface area contributed by atoms with Gasteiger partial charge in [0.2, 0.25) is 11.0 Å². The van der Waals surface area contributed by atoms with Crippen molar-refractivity contribution in [2.75, 3.05) is 30.6 Å². The van der Waals surface area contributed by atoms with E-state index < -0.39 is 0 Å². The van der Waals surface area contributed by atoms with Crippen molar-refractivity contribution in [2.24, 2.45) is 0 Å². The van der Waals surface area contributed by atoms with E-state index in [0.717, 1.165) is 9.47 Å². The molecule has 1 aliphatic rings. The lowest BCUT2D eigenvalue weighted by Gasteiger charge is -2.21. The number of benzene rings is 1. The summed E-state index contributed by atoms with van der Waals surface area (Å²) in [6, 6.07) is 5.77. The molecule has 146 valence electrons. The Labute approximate surface area is 167 Å². The average Bonchev–Trinajstić information content (AvgIpc) is 3.14. The van der Waals surface area contributed by atoms with Crippen LogP contribution in [-0.2, 0) is 4.79 Å². The summed E-state index contributed by atoms with van der Waals surface area (Å²) in [6.07, 6.45) is 6.24. The first-order valence-electron chi connectivity index (χ1n) is 8.92. The number of hydrogen-bond donors (Lipinski definition) is 2. The normalized spacial score (nSPS) is 14.6. The van der Waals surface area contributed by atoms with E-state index in [1.165, 1.54) is 55.2 Å². The molecule has 1 fully saturated rings. The Morgan fingerprint density at radius 3 is 2.78 bits per heavy atom. The summed E-state index contributed by atoms with van der Waals surface area (Å²) >= 11 is 2.87. The molecule has 1 aliphatic carbocycles. The number of carbonyl (C=O) groups is 1. The van der Waals surface area contributed by atoms with Gasteiger partial charge in [-0.15, -0.1) is 10.2 Å². The fraction of sp³-hybridized carbons (Fsp3) is 0.500. The molecule has 0 radical (unpaired) electrons. The van der Waals surface area contributed by atoms with Gasteiger partial charge in [0.05, 0.1) is 25.7 Å². The Hall–Kier alpha value is -2.00. The molecule has 1 aromatic heterocycles. The van der Waals surface area contributed by atoms with Crippen molar-refractivity contribution in [2.45, 2.75) is 42.5 Å². The van der Waals surface area contributed by atoms with E-state index in [9.17, 15) is 4.79 Å². The maximum absolute atomic E-state index is 12.3. The van der Waals surface area contributed by atoms with Gasteiger partial charge < -0.3 is 20.1 Å². The first kappa shape index (κ1) is 19.8. The lowest BCUT2D eigenvalue weighted by Crippen LogP contribution is -2.21. The number of nitrogens with zero attached hydrogens (tertiary/aromatic N) is 2. The number of anilines is 2. The number of hydrogen-bond acceptors (Lipinski definition) is 8. The summed E-state index contributed by atoms with van der Waals surface area (Å²) in [5, 5.41) is 15.5. The van der Waals surface area contributed by atoms with Crippen LogP contribution >= 0.6 is 23.1 Å². The Balaban J connectivity index is 1.51. The van der Waals surface area contributed by atoms with E-state index >= 15 is 0 Å². The summed E-state index contributed by atoms with van der Waals surface area (Å²) in [5.41, 5.74) is 0.583. The maximum Gasteiger partial charge on any atom is 0.234 e. The van der Waals surface area contributed by atoms with E-state index in [2.05, 4.69) is 20.8 Å². The number of ether oxygens (including phenoxy) is 2. The number of rotatable bonds is 8. The molecule has 1 saturated carbocycles. The van der Waals surface area contributed by atoms with Gasteiger partial charge in [0.15, 0.2) is 4.34 Å². The molecule has 1 heterocycles. The van der Waals surface area contributed by atoms with E-state index in [1.54, 1.807) is 32.4 Å². The summed E-state index contributed by atoms with van der Waals surface area (Å²) in [6.45, 7) is 0. The van der Waals surface area contributed by atoms with Crippen molar-refractivity contribution in [1.29, 1.82) is 0 Å². The zero-order valence-corrected chi connectivity index (χ0v) is 17.1. The van der Waals surface area contributed by atoms with Crippen molar-refractivity contribution < 1.29 is 14.3 Å². The third kappa shape index (κ3) is 5.74. The molecule has 0 spiro atoms. The smallest absolute Gasteiger partial charge is 0.234 e. The Bertz CT molecular complexity index is 763. The van der Waals surface area contributed by atoms with Crippen molar-refractivity contribution >= 4 is 39.8 Å². The molecule has 2 N–H and O–H groups in total. The van der Waals surface area contributed by atoms with Crippen LogP contribution in [0.25, 0.3) is 0 Å². The van der Waals surface area contributed by atoms with Crippen LogP contribution in [0.3, 0.4) is 0 Å². The van der Waals surface area contributed by atoms with Gasteiger partial charge in [-0.3, -0.25) is 4.79 Å². The fourth-order valence-corrected chi connectivity index (χ4v) is 4.60. The highest BCUT2D eigenvalue weighted by Crippen LogP contribution is 2.31. The molecule has 1 amide bonds. The van der Waals surface area contributed by atoms with Gasteiger partial charge in [0.1, 0.15) is 11.5 Å². The second-order valence-corrected chi connectivity index (χ2v) is 8.46. The second-order valence-electron chi connectivity index (χ2n) is 6.26. The van der Waals surface area contributed by atoms with Gasteiger partial charge in [0, 0.05) is 12.1 Å². The van der Waals surface area contributed by atoms with E-state index in [-0.39, 0.29) is 11.7 Å². The van der Waals surface area contributed by atoms with Crippen LogP contribution in [-0.4, -0.2) is 42.1 Å². The zero-order chi connectivity index (χ0) is 19.1. The van der Waals surface area contributed by atoms with Gasteiger partial charge in [-0.2, -0.15) is 0 Å². The topological polar surface area (TPSA) is 85.4 Å². The number of methoxy groups -OCH3 is 2. The molecule has 0 bridgehead atoms. The maximum atomic E-state index is 12.3. The van der Waals surface area contributed by atoms with Gasteiger partial charge in [-0.1, -0.05) is 42.4 Å². The lowest BCUT2D eigenvalue weighted by atomic mass is 9.96. The highest BCUT2D eigenvalue weighted by atomic mass is 32.2. The van der Waals surface area contributed by atoms with Crippen LogP contribution in [0.15, 0.2) is 22.5 Å². The van der Waals surface area contributed by atoms with Gasteiger partial charge in [-0.05, 0) is 25.0 Å². The zero-order valence-electron chi connectivity index (χ0n) is 15.5. The molecule has 7 nitrogen and oxygen atoms in total. The minimum absolute atomic E-state index is 0.136. The number of amides is 1. The number of nitrogens with one attached hydrogen (secondary N) is 2. The molecule has 0 atom stereocenters. The molecule has 0 saturated heterocycles. The third-order valence-electron chi connectivity index (χ3n) is 4.35. The monoisotopic (exact) mass is 408 g/mol. The van der Waals surface area contributed by atoms with Crippen molar-refractivity contribution in [3.05, 3.63) is 18.2 Å². The Morgan fingerprint density at radius 1 is 1.22 bits per heavy atom. The molecule has 0 aliphatic heterocycles. The van der Waals surface area contributed by atoms with Crippen molar-refractivity contribution in [3.63, 3.8) is 0 Å². The predicted molar refractivity (Wildman–Crippen MR) is 109 cm³/mol. The summed E-state index contributed by atoms with van der Waals surface area (Å²) in [7, 11) is 3.14. The van der Waals surface area contributed by atoms with Crippen LogP contribution in [0.1, 0.15) is 32.1 Å². The van der Waals surface area contributed by atoms with Crippen molar-refractivity contribution in [1.82, 2.24) is 10.2 Å². The van der Waals surface area contributed by atoms with Crippen LogP contribution < -0.4 is 20.1 Å². The highest BCUT2D eigenvalue weighted by Gasteiger charge is 2.16. The predicted octanol–water partition coefficient (Wildman–Crippen LogP) is 4.03. The summed E-state index contributed by atoms with van der Waals surface area (Å²) in [5.74, 6) is 1.35. The van der Waals surface area contributed by atoms with Gasteiger partial charge in [-0.25, -0.2) is 0 Å². The molecule has 27 heavy (non-hydrogen) atoms. The number of aromatic nitrogens is 2. The molecule has 0 unspecified atom stereocenters. The number of carbonyl (C=O) groups excluding carboxylic acids is 1. The largest absolute Gasteiger partial charge is 0.497 e. The molecule has 9 heteroatoms. The number of thioether (sulfide) groups is 1. The Kier molecular flexibility index (Phi) is 7.17. The van der Waals surface area contributed by atoms with Gasteiger partial charge in [0.25, 0.3) is 0 Å². The first-order chi connectivity index (χ1) is 13.2. The Morgan fingerprint density at radius 2 is 2.04 bits per heavy atom. The summed E-state index contributed by atoms with van der Waals surface area (Å²) < 4.78 is 11.3. The molecule has 2 aromatic rings. The first-order valence-corrected chi connectivity index (χ1v) is 10.7. The lowest BCUT2D eigenvalue weighted by molar-refractivity contribution is -0.113. The van der Waals surface area contributed by atoms with Crippen LogP contribution in [0.2, 0.25) is 0 Å². The fourth-order valence-electron chi connectivity index (χ4n) is 2.97. The van der Waals surface area contributed by atoms with Crippen LogP contribution in [0.5, 0.6) is 11.5 Å². The average molecular weight is 409 g/mol. The van der Waals surface area contributed by atoms with E-state index in [0.29, 0.717) is 23.2 Å². The van der Waals surface area contributed by atoms with Crippen LogP contribution in [0, 0.1) is 0 Å². The minimum atomic E-state index is -0.136. The second kappa shape index (κ2) is 9.80.